The number of carbonyl (C=O) groups excluding carboxylic acids is 1. The summed E-state index contributed by atoms with van der Waals surface area (Å²) < 4.78 is 26.1. The molecule has 1 atom stereocenters. The van der Waals surface area contributed by atoms with E-state index in [4.69, 9.17) is 0 Å². The zero-order valence-electron chi connectivity index (χ0n) is 15.7. The highest BCUT2D eigenvalue weighted by Crippen LogP contribution is 2.31. The molecule has 3 rings (SSSR count). The third kappa shape index (κ3) is 4.28. The zero-order chi connectivity index (χ0) is 19.6. The Balaban J connectivity index is 1.78. The van der Waals surface area contributed by atoms with Crippen LogP contribution in [-0.2, 0) is 14.6 Å². The van der Waals surface area contributed by atoms with Crippen molar-refractivity contribution in [3.8, 4) is 0 Å². The van der Waals surface area contributed by atoms with Gasteiger partial charge in [0, 0.05) is 16.2 Å². The van der Waals surface area contributed by atoms with Gasteiger partial charge in [0.15, 0.2) is 5.37 Å². The van der Waals surface area contributed by atoms with Crippen LogP contribution in [0, 0.1) is 13.8 Å². The fourth-order valence-electron chi connectivity index (χ4n) is 3.02. The normalized spacial score (nSPS) is 17.3. The van der Waals surface area contributed by atoms with Gasteiger partial charge in [0.2, 0.25) is 15.7 Å². The van der Waals surface area contributed by atoms with E-state index in [-0.39, 0.29) is 10.8 Å². The van der Waals surface area contributed by atoms with Gasteiger partial charge in [0.25, 0.3) is 0 Å². The molecule has 6 heteroatoms. The Bertz CT molecular complexity index is 975. The summed E-state index contributed by atoms with van der Waals surface area (Å²) in [5.41, 5.74) is 3.37. The van der Waals surface area contributed by atoms with Gasteiger partial charge in [0.05, 0.1) is 4.90 Å². The quantitative estimate of drug-likeness (QED) is 0.742. The van der Waals surface area contributed by atoms with E-state index in [1.54, 1.807) is 43.0 Å². The number of aryl methyl sites for hydroxylation is 2. The van der Waals surface area contributed by atoms with Crippen LogP contribution >= 0.6 is 11.8 Å². The molecule has 0 aromatic heterocycles. The van der Waals surface area contributed by atoms with Crippen LogP contribution < -0.4 is 5.32 Å². The van der Waals surface area contributed by atoms with E-state index in [9.17, 15) is 13.2 Å². The molecule has 1 heterocycles. The first kappa shape index (κ1) is 19.7. The van der Waals surface area contributed by atoms with E-state index in [0.29, 0.717) is 23.3 Å². The Kier molecular flexibility index (Phi) is 5.77. The number of hydrogen-bond donors (Lipinski definition) is 1. The molecule has 0 aliphatic carbocycles. The van der Waals surface area contributed by atoms with Crippen molar-refractivity contribution in [2.45, 2.75) is 42.4 Å². The topological polar surface area (TPSA) is 63.2 Å². The highest BCUT2D eigenvalue weighted by Gasteiger charge is 2.38. The summed E-state index contributed by atoms with van der Waals surface area (Å²) in [6.45, 7) is 5.65. The number of rotatable bonds is 6. The Morgan fingerprint density at radius 2 is 1.48 bits per heavy atom. The summed E-state index contributed by atoms with van der Waals surface area (Å²) in [5, 5.41) is 1.67. The SMILES string of the molecule is CC1=C(CCSc2ccc(C)cc2)C(S(=O)(=O)c2ccc(C)cc2)NC1=O. The zero-order valence-corrected chi connectivity index (χ0v) is 17.3. The van der Waals surface area contributed by atoms with Crippen molar-refractivity contribution < 1.29 is 13.2 Å². The second-order valence-electron chi connectivity index (χ2n) is 6.77. The fraction of sp³-hybridized carbons (Fsp3) is 0.286. The van der Waals surface area contributed by atoms with Crippen LogP contribution in [-0.4, -0.2) is 25.5 Å². The van der Waals surface area contributed by atoms with E-state index in [2.05, 4.69) is 29.6 Å². The van der Waals surface area contributed by atoms with Gasteiger partial charge >= 0.3 is 0 Å². The fourth-order valence-corrected chi connectivity index (χ4v) is 5.62. The summed E-state index contributed by atoms with van der Waals surface area (Å²) in [5.74, 6) is 0.413. The van der Waals surface area contributed by atoms with Crippen molar-refractivity contribution >= 4 is 27.5 Å². The molecule has 142 valence electrons. The first-order valence-electron chi connectivity index (χ1n) is 8.79. The number of benzene rings is 2. The predicted octanol–water partition coefficient (Wildman–Crippen LogP) is 4.03. The first-order valence-corrected chi connectivity index (χ1v) is 11.3. The van der Waals surface area contributed by atoms with Gasteiger partial charge in [-0.25, -0.2) is 8.42 Å². The Morgan fingerprint density at radius 3 is 2.07 bits per heavy atom. The van der Waals surface area contributed by atoms with Gasteiger partial charge in [-0.15, -0.1) is 11.8 Å². The maximum absolute atomic E-state index is 13.1. The van der Waals surface area contributed by atoms with Crippen molar-refractivity contribution in [3.63, 3.8) is 0 Å². The monoisotopic (exact) mass is 401 g/mol. The van der Waals surface area contributed by atoms with Crippen LogP contribution in [0.15, 0.2) is 69.5 Å². The Labute approximate surface area is 165 Å². The van der Waals surface area contributed by atoms with Gasteiger partial charge < -0.3 is 5.32 Å². The number of carbonyl (C=O) groups is 1. The molecule has 0 bridgehead atoms. The smallest absolute Gasteiger partial charge is 0.248 e. The lowest BCUT2D eigenvalue weighted by molar-refractivity contribution is -0.116. The average molecular weight is 402 g/mol. The molecule has 0 spiro atoms. The molecule has 1 aliphatic heterocycles. The largest absolute Gasteiger partial charge is 0.332 e. The molecule has 1 aliphatic rings. The van der Waals surface area contributed by atoms with Crippen LogP contribution in [0.2, 0.25) is 0 Å². The molecule has 0 saturated carbocycles. The van der Waals surface area contributed by atoms with Crippen molar-refractivity contribution in [1.29, 1.82) is 0 Å². The molecule has 1 amide bonds. The van der Waals surface area contributed by atoms with Gasteiger partial charge in [-0.2, -0.15) is 0 Å². The van der Waals surface area contributed by atoms with E-state index < -0.39 is 15.2 Å². The first-order chi connectivity index (χ1) is 12.8. The van der Waals surface area contributed by atoms with Gasteiger partial charge in [0.1, 0.15) is 0 Å². The number of hydrogen-bond acceptors (Lipinski definition) is 4. The second kappa shape index (κ2) is 7.90. The maximum Gasteiger partial charge on any atom is 0.248 e. The second-order valence-corrected chi connectivity index (χ2v) is 9.97. The number of sulfone groups is 1. The molecule has 0 fully saturated rings. The van der Waals surface area contributed by atoms with E-state index in [1.807, 2.05) is 13.8 Å². The third-order valence-electron chi connectivity index (χ3n) is 4.72. The number of thioether (sulfide) groups is 1. The molecule has 0 saturated heterocycles. The number of nitrogens with one attached hydrogen (secondary N) is 1. The van der Waals surface area contributed by atoms with E-state index in [0.717, 1.165) is 10.5 Å². The maximum atomic E-state index is 13.1. The van der Waals surface area contributed by atoms with Crippen LogP contribution in [0.3, 0.4) is 0 Å². The minimum Gasteiger partial charge on any atom is -0.332 e. The third-order valence-corrected chi connectivity index (χ3v) is 7.69. The van der Waals surface area contributed by atoms with Crippen LogP contribution in [0.4, 0.5) is 0 Å². The highest BCUT2D eigenvalue weighted by atomic mass is 32.2. The summed E-state index contributed by atoms with van der Waals surface area (Å²) in [4.78, 5) is 13.5. The van der Waals surface area contributed by atoms with E-state index >= 15 is 0 Å². The van der Waals surface area contributed by atoms with Crippen LogP contribution in [0.1, 0.15) is 24.5 Å². The highest BCUT2D eigenvalue weighted by molar-refractivity contribution is 7.99. The van der Waals surface area contributed by atoms with Crippen molar-refractivity contribution in [2.24, 2.45) is 0 Å². The molecule has 2 aromatic carbocycles. The lowest BCUT2D eigenvalue weighted by atomic mass is 10.1. The summed E-state index contributed by atoms with van der Waals surface area (Å²) in [6.07, 6.45) is 0.541. The minimum atomic E-state index is -3.67. The van der Waals surface area contributed by atoms with E-state index in [1.165, 1.54) is 5.56 Å². The molecule has 1 unspecified atom stereocenters. The van der Waals surface area contributed by atoms with Gasteiger partial charge in [-0.1, -0.05) is 35.4 Å². The van der Waals surface area contributed by atoms with Gasteiger partial charge in [-0.05, 0) is 57.0 Å². The molecule has 0 radical (unpaired) electrons. The van der Waals surface area contributed by atoms with Crippen molar-refractivity contribution in [1.82, 2.24) is 5.32 Å². The summed E-state index contributed by atoms with van der Waals surface area (Å²) >= 11 is 1.66. The lowest BCUT2D eigenvalue weighted by Crippen LogP contribution is -2.36. The van der Waals surface area contributed by atoms with Gasteiger partial charge in [-0.3, -0.25) is 4.79 Å². The molecular formula is C21H23NO3S2. The molecule has 1 N–H and O–H groups in total. The summed E-state index contributed by atoms with van der Waals surface area (Å²) in [7, 11) is -3.67. The van der Waals surface area contributed by atoms with Crippen LogP contribution in [0.25, 0.3) is 0 Å². The Hall–Kier alpha value is -2.05. The predicted molar refractivity (Wildman–Crippen MR) is 110 cm³/mol. The van der Waals surface area contributed by atoms with Crippen LogP contribution in [0.5, 0.6) is 0 Å². The standard InChI is InChI=1S/C21H23NO3S2/c1-14-4-8-17(9-5-14)26-13-12-19-16(3)20(23)22-21(19)27(24,25)18-10-6-15(2)7-11-18/h4-11,21H,12-13H2,1-3H3,(H,22,23). The average Bonchev–Trinajstić information content (AvgIpc) is 2.93. The molecular weight excluding hydrogens is 378 g/mol. The molecule has 27 heavy (non-hydrogen) atoms. The molecule has 4 nitrogen and oxygen atoms in total. The van der Waals surface area contributed by atoms with Crippen molar-refractivity contribution in [3.05, 3.63) is 70.8 Å². The van der Waals surface area contributed by atoms with Crippen molar-refractivity contribution in [2.75, 3.05) is 5.75 Å². The minimum absolute atomic E-state index is 0.233. The molecule has 2 aromatic rings. The lowest BCUT2D eigenvalue weighted by Gasteiger charge is -2.17. The number of amides is 1. The summed E-state index contributed by atoms with van der Waals surface area (Å²) in [6, 6.07) is 15.0. The Morgan fingerprint density at radius 1 is 0.926 bits per heavy atom.